The van der Waals surface area contributed by atoms with Gasteiger partial charge in [-0.3, -0.25) is 4.79 Å². The lowest BCUT2D eigenvalue weighted by Crippen LogP contribution is -2.50. The number of imidazole rings is 1. The van der Waals surface area contributed by atoms with Gasteiger partial charge in [-0.05, 0) is 55.7 Å². The molecule has 0 spiro atoms. The quantitative estimate of drug-likeness (QED) is 0.484. The fourth-order valence-corrected chi connectivity index (χ4v) is 5.69. The molecule has 1 amide bonds. The largest absolute Gasteiger partial charge is 0.368 e. The number of anilines is 1. The molecule has 0 bridgehead atoms. The van der Waals surface area contributed by atoms with Crippen LogP contribution >= 0.6 is 23.2 Å². The SMILES string of the molecule is C[C@H](c1ccc(Cl)cc1Cl)n1cnc2ccc(N3CCN(C(=O)C4CCCC4)CC3)cc21. The van der Waals surface area contributed by atoms with Crippen molar-refractivity contribution in [2.24, 2.45) is 5.92 Å². The van der Waals surface area contributed by atoms with E-state index in [1.807, 2.05) is 18.5 Å². The molecular weight excluding hydrogens is 443 g/mol. The number of halogens is 2. The second-order valence-electron chi connectivity index (χ2n) is 8.96. The molecule has 32 heavy (non-hydrogen) atoms. The summed E-state index contributed by atoms with van der Waals surface area (Å²) in [5.41, 5.74) is 4.22. The van der Waals surface area contributed by atoms with Crippen LogP contribution in [-0.2, 0) is 4.79 Å². The molecule has 3 aromatic rings. The molecule has 168 valence electrons. The van der Waals surface area contributed by atoms with Crippen LogP contribution in [0.15, 0.2) is 42.7 Å². The first-order valence-electron chi connectivity index (χ1n) is 11.5. The molecule has 2 fully saturated rings. The smallest absolute Gasteiger partial charge is 0.225 e. The molecule has 1 aromatic heterocycles. The van der Waals surface area contributed by atoms with Crippen LogP contribution in [0.5, 0.6) is 0 Å². The molecule has 0 radical (unpaired) electrons. The van der Waals surface area contributed by atoms with Crippen LogP contribution in [0.1, 0.15) is 44.2 Å². The van der Waals surface area contributed by atoms with E-state index in [0.717, 1.165) is 55.6 Å². The Labute approximate surface area is 198 Å². The van der Waals surface area contributed by atoms with E-state index in [1.165, 1.54) is 18.5 Å². The van der Waals surface area contributed by atoms with Crippen LogP contribution in [0, 0.1) is 5.92 Å². The number of hydrogen-bond acceptors (Lipinski definition) is 3. The zero-order chi connectivity index (χ0) is 22.2. The highest BCUT2D eigenvalue weighted by atomic mass is 35.5. The summed E-state index contributed by atoms with van der Waals surface area (Å²) in [7, 11) is 0. The predicted molar refractivity (Wildman–Crippen MR) is 131 cm³/mol. The number of piperazine rings is 1. The molecule has 2 aromatic carbocycles. The zero-order valence-electron chi connectivity index (χ0n) is 18.3. The number of fused-ring (bicyclic) bond motifs is 1. The number of rotatable bonds is 4. The van der Waals surface area contributed by atoms with Gasteiger partial charge in [0.1, 0.15) is 0 Å². The van der Waals surface area contributed by atoms with Crippen LogP contribution in [0.3, 0.4) is 0 Å². The normalized spacial score (nSPS) is 18.5. The minimum absolute atomic E-state index is 0.0286. The third-order valence-corrected chi connectivity index (χ3v) is 7.61. The van der Waals surface area contributed by atoms with Crippen molar-refractivity contribution in [3.63, 3.8) is 0 Å². The molecular formula is C25H28Cl2N4O. The van der Waals surface area contributed by atoms with Crippen molar-refractivity contribution in [1.82, 2.24) is 14.5 Å². The molecule has 2 heterocycles. The summed E-state index contributed by atoms with van der Waals surface area (Å²) in [6.07, 6.45) is 6.40. The molecule has 1 aliphatic carbocycles. The molecule has 5 nitrogen and oxygen atoms in total. The lowest BCUT2D eigenvalue weighted by molar-refractivity contribution is -0.135. The average Bonchev–Trinajstić information content (AvgIpc) is 3.48. The van der Waals surface area contributed by atoms with Gasteiger partial charge < -0.3 is 14.4 Å². The maximum Gasteiger partial charge on any atom is 0.225 e. The van der Waals surface area contributed by atoms with Crippen molar-refractivity contribution in [3.05, 3.63) is 58.3 Å². The number of aromatic nitrogens is 2. The Morgan fingerprint density at radius 3 is 2.50 bits per heavy atom. The van der Waals surface area contributed by atoms with E-state index in [4.69, 9.17) is 23.2 Å². The Hall–Kier alpha value is -2.24. The Kier molecular flexibility index (Phi) is 6.04. The lowest BCUT2D eigenvalue weighted by atomic mass is 10.1. The summed E-state index contributed by atoms with van der Waals surface area (Å²) in [6.45, 7) is 5.43. The molecule has 2 aliphatic rings. The van der Waals surface area contributed by atoms with E-state index in [2.05, 4.69) is 44.5 Å². The van der Waals surface area contributed by atoms with Gasteiger partial charge in [0.05, 0.1) is 23.4 Å². The van der Waals surface area contributed by atoms with Crippen LogP contribution in [0.2, 0.25) is 10.0 Å². The van der Waals surface area contributed by atoms with E-state index in [9.17, 15) is 4.79 Å². The Balaban J connectivity index is 1.34. The third kappa shape index (κ3) is 4.08. The first-order chi connectivity index (χ1) is 15.5. The monoisotopic (exact) mass is 470 g/mol. The van der Waals surface area contributed by atoms with Crippen LogP contribution in [0.25, 0.3) is 11.0 Å². The van der Waals surface area contributed by atoms with Gasteiger partial charge in [-0.1, -0.05) is 42.1 Å². The van der Waals surface area contributed by atoms with Gasteiger partial charge in [-0.15, -0.1) is 0 Å². The standard InChI is InChI=1S/C25H28Cl2N4O/c1-17(21-8-6-19(26)14-22(21)27)31-16-28-23-9-7-20(15-24(23)31)29-10-12-30(13-11-29)25(32)18-4-2-3-5-18/h6-9,14-18H,2-5,10-13H2,1H3/t17-/m1/s1. The van der Waals surface area contributed by atoms with Gasteiger partial charge >= 0.3 is 0 Å². The Morgan fingerprint density at radius 1 is 1.03 bits per heavy atom. The number of amides is 1. The lowest BCUT2D eigenvalue weighted by Gasteiger charge is -2.37. The number of nitrogens with zero attached hydrogens (tertiary/aromatic N) is 4. The molecule has 1 saturated heterocycles. The van der Waals surface area contributed by atoms with Crippen molar-refractivity contribution in [3.8, 4) is 0 Å². The van der Waals surface area contributed by atoms with Gasteiger partial charge in [-0.2, -0.15) is 0 Å². The van der Waals surface area contributed by atoms with Crippen LogP contribution < -0.4 is 4.90 Å². The summed E-state index contributed by atoms with van der Waals surface area (Å²) < 4.78 is 2.16. The molecule has 0 N–H and O–H groups in total. The third-order valence-electron chi connectivity index (χ3n) is 7.05. The number of carbonyl (C=O) groups is 1. The van der Waals surface area contributed by atoms with E-state index in [0.29, 0.717) is 16.0 Å². The minimum atomic E-state index is 0.0286. The minimum Gasteiger partial charge on any atom is -0.368 e. The first kappa shape index (κ1) is 21.6. The number of carbonyl (C=O) groups excluding carboxylic acids is 1. The fraction of sp³-hybridized carbons (Fsp3) is 0.440. The summed E-state index contributed by atoms with van der Waals surface area (Å²) in [5, 5.41) is 1.29. The highest BCUT2D eigenvalue weighted by molar-refractivity contribution is 6.35. The van der Waals surface area contributed by atoms with E-state index in [1.54, 1.807) is 6.07 Å². The van der Waals surface area contributed by atoms with Gasteiger partial charge in [0, 0.05) is 47.8 Å². The van der Waals surface area contributed by atoms with Crippen molar-refractivity contribution in [1.29, 1.82) is 0 Å². The Bertz CT molecular complexity index is 1130. The maximum absolute atomic E-state index is 12.8. The Morgan fingerprint density at radius 2 is 1.78 bits per heavy atom. The molecule has 0 unspecified atom stereocenters. The zero-order valence-corrected chi connectivity index (χ0v) is 19.8. The van der Waals surface area contributed by atoms with E-state index >= 15 is 0 Å². The van der Waals surface area contributed by atoms with Crippen LogP contribution in [0.4, 0.5) is 5.69 Å². The van der Waals surface area contributed by atoms with Crippen molar-refractivity contribution in [2.45, 2.75) is 38.6 Å². The van der Waals surface area contributed by atoms with Gasteiger partial charge in [-0.25, -0.2) is 4.98 Å². The summed E-state index contributed by atoms with van der Waals surface area (Å²) >= 11 is 12.6. The van der Waals surface area contributed by atoms with Gasteiger partial charge in [0.15, 0.2) is 0 Å². The molecule has 5 rings (SSSR count). The molecule has 1 atom stereocenters. The molecule has 7 heteroatoms. The first-order valence-corrected chi connectivity index (χ1v) is 12.2. The van der Waals surface area contributed by atoms with E-state index in [-0.39, 0.29) is 12.0 Å². The highest BCUT2D eigenvalue weighted by Gasteiger charge is 2.29. The predicted octanol–water partition coefficient (Wildman–Crippen LogP) is 5.79. The van der Waals surface area contributed by atoms with Crippen molar-refractivity contribution in [2.75, 3.05) is 31.1 Å². The summed E-state index contributed by atoms with van der Waals surface area (Å²) in [4.78, 5) is 21.8. The second kappa shape index (κ2) is 8.95. The topological polar surface area (TPSA) is 41.4 Å². The summed E-state index contributed by atoms with van der Waals surface area (Å²) in [6, 6.07) is 12.1. The van der Waals surface area contributed by atoms with Gasteiger partial charge in [0.2, 0.25) is 5.91 Å². The maximum atomic E-state index is 12.8. The number of benzene rings is 2. The molecule has 1 aliphatic heterocycles. The summed E-state index contributed by atoms with van der Waals surface area (Å²) in [5.74, 6) is 0.623. The average molecular weight is 471 g/mol. The van der Waals surface area contributed by atoms with Crippen LogP contribution in [-0.4, -0.2) is 46.5 Å². The second-order valence-corrected chi connectivity index (χ2v) is 9.80. The van der Waals surface area contributed by atoms with Gasteiger partial charge in [0.25, 0.3) is 0 Å². The van der Waals surface area contributed by atoms with E-state index < -0.39 is 0 Å². The number of hydrogen-bond donors (Lipinski definition) is 0. The highest BCUT2D eigenvalue weighted by Crippen LogP contribution is 2.32. The molecule has 1 saturated carbocycles. The van der Waals surface area contributed by atoms with Crippen molar-refractivity contribution < 1.29 is 4.79 Å². The van der Waals surface area contributed by atoms with Crippen molar-refractivity contribution >= 4 is 45.8 Å². The fourth-order valence-electron chi connectivity index (χ4n) is 5.13.